The topological polar surface area (TPSA) is 60.9 Å². The van der Waals surface area contributed by atoms with Gasteiger partial charge in [-0.2, -0.15) is 5.26 Å². The van der Waals surface area contributed by atoms with Gasteiger partial charge in [-0.1, -0.05) is 121 Å². The molecule has 0 radical (unpaired) electrons. The van der Waals surface area contributed by atoms with Crippen molar-refractivity contribution in [2.24, 2.45) is 0 Å². The lowest BCUT2D eigenvalue weighted by Gasteiger charge is -2.27. The Kier molecular flexibility index (Phi) is 8.50. The smallest absolute Gasteiger partial charge is 0.187 e. The van der Waals surface area contributed by atoms with E-state index in [1.165, 1.54) is 0 Å². The molecule has 0 amide bonds. The van der Waals surface area contributed by atoms with Gasteiger partial charge in [-0.3, -0.25) is 0 Å². The van der Waals surface area contributed by atoms with E-state index in [1.807, 2.05) is 72.8 Å². The third kappa shape index (κ3) is 5.94. The molecule has 6 nitrogen and oxygen atoms in total. The zero-order chi connectivity index (χ0) is 42.7. The van der Waals surface area contributed by atoms with Gasteiger partial charge in [0, 0.05) is 44.3 Å². The van der Waals surface area contributed by atoms with Crippen molar-refractivity contribution in [2.75, 3.05) is 9.80 Å². The maximum absolute atomic E-state index is 9.68. The predicted octanol–water partition coefficient (Wildman–Crippen LogP) is 16.8. The minimum atomic E-state index is 0.579. The number of nitriles is 1. The lowest BCUT2D eigenvalue weighted by molar-refractivity contribution is 0.669. The van der Waals surface area contributed by atoms with E-state index < -0.39 is 0 Å². The zero-order valence-corrected chi connectivity index (χ0v) is 34.2. The summed E-state index contributed by atoms with van der Waals surface area (Å²) in [5.41, 5.74) is 12.1. The van der Waals surface area contributed by atoms with Crippen LogP contribution in [0.1, 0.15) is 5.56 Å². The second-order valence-corrected chi connectivity index (χ2v) is 15.9. The summed E-state index contributed by atoms with van der Waals surface area (Å²) < 4.78 is 13.4. The van der Waals surface area contributed by atoms with Crippen LogP contribution < -0.4 is 9.80 Å². The fourth-order valence-electron chi connectivity index (χ4n) is 9.27. The number of hydrogen-bond acceptors (Lipinski definition) is 5. The Hall–Kier alpha value is -9.10. The molecule has 0 atom stereocenters. The Morgan fingerprint density at radius 1 is 0.422 bits per heavy atom. The Morgan fingerprint density at radius 2 is 0.797 bits per heavy atom. The second-order valence-electron chi connectivity index (χ2n) is 15.9. The fourth-order valence-corrected chi connectivity index (χ4v) is 9.27. The molecule has 0 bridgehead atoms. The highest BCUT2D eigenvalue weighted by Crippen LogP contribution is 2.48. The highest BCUT2D eigenvalue weighted by Gasteiger charge is 2.24. The van der Waals surface area contributed by atoms with Gasteiger partial charge < -0.3 is 18.6 Å². The van der Waals surface area contributed by atoms with Crippen molar-refractivity contribution in [3.8, 4) is 17.2 Å². The van der Waals surface area contributed by atoms with Gasteiger partial charge in [-0.05, 0) is 118 Å². The van der Waals surface area contributed by atoms with Crippen molar-refractivity contribution in [1.29, 1.82) is 5.26 Å². The lowest BCUT2D eigenvalue weighted by atomic mass is 10.0. The summed E-state index contributed by atoms with van der Waals surface area (Å²) in [6.07, 6.45) is 0. The first-order chi connectivity index (χ1) is 31.6. The van der Waals surface area contributed by atoms with Crippen molar-refractivity contribution >= 4 is 105 Å². The van der Waals surface area contributed by atoms with Gasteiger partial charge in [0.15, 0.2) is 16.9 Å². The van der Waals surface area contributed by atoms with Crippen molar-refractivity contribution in [3.63, 3.8) is 0 Å². The van der Waals surface area contributed by atoms with Crippen molar-refractivity contribution in [3.05, 3.63) is 223 Å². The van der Waals surface area contributed by atoms with E-state index in [-0.39, 0.29) is 0 Å². The summed E-state index contributed by atoms with van der Waals surface area (Å²) in [5.74, 6) is 0. The highest BCUT2D eigenvalue weighted by atomic mass is 16.3. The number of rotatable bonds is 7. The molecule has 64 heavy (non-hydrogen) atoms. The summed E-state index contributed by atoms with van der Waals surface area (Å²) in [6.45, 7) is 7.62. The number of para-hydroxylation sites is 2. The van der Waals surface area contributed by atoms with Gasteiger partial charge >= 0.3 is 0 Å². The van der Waals surface area contributed by atoms with Crippen LogP contribution in [0.25, 0.3) is 81.4 Å². The largest absolute Gasteiger partial charge is 0.454 e. The van der Waals surface area contributed by atoms with Crippen LogP contribution in [-0.4, -0.2) is 0 Å². The molecule has 0 aliphatic heterocycles. The predicted molar refractivity (Wildman–Crippen MR) is 262 cm³/mol. The van der Waals surface area contributed by atoms with Gasteiger partial charge in [-0.25, -0.2) is 4.85 Å². The summed E-state index contributed by atoms with van der Waals surface area (Å²) in [6, 6.07) is 72.5. The van der Waals surface area contributed by atoms with E-state index in [0.717, 1.165) is 111 Å². The van der Waals surface area contributed by atoms with E-state index in [0.29, 0.717) is 11.3 Å². The SMILES string of the molecule is [C-]#[N+]c1ccc(N(c2ccc(-c3ccc(N(c4ccc(C#N)cc4)c4cc5ccccc5c5c4oc4ccccc45)cc3)cc2)c2cc3ccccc3c3c2oc2ccccc23)cc1. The second kappa shape index (κ2) is 14.8. The minimum absolute atomic E-state index is 0.579. The van der Waals surface area contributed by atoms with E-state index in [1.54, 1.807) is 0 Å². The summed E-state index contributed by atoms with van der Waals surface area (Å²) in [4.78, 5) is 8.10. The molecule has 0 N–H and O–H groups in total. The molecular weight excluding hydrogens is 785 g/mol. The van der Waals surface area contributed by atoms with Crippen molar-refractivity contribution in [2.45, 2.75) is 0 Å². The van der Waals surface area contributed by atoms with Crippen LogP contribution in [0.4, 0.5) is 39.8 Å². The Balaban J connectivity index is 0.973. The number of furan rings is 2. The first kappa shape index (κ1) is 36.7. The van der Waals surface area contributed by atoms with E-state index in [2.05, 4.69) is 154 Å². The minimum Gasteiger partial charge on any atom is -0.454 e. The molecule has 2 heterocycles. The number of anilines is 6. The standard InChI is InChI=1S/C58H34N4O2/c1-60-42-24-32-46(33-25-42)62(52-35-41-11-3-5-13-48(41)56-50-15-7-9-17-54(50)64-58(52)56)45-30-22-39(23-31-45)38-20-28-44(29-21-38)61(43-26-18-37(36-59)19-27-43)51-34-40-10-2-4-12-47(40)55-49-14-6-8-16-53(49)63-57(51)55/h2-35H. The van der Waals surface area contributed by atoms with Crippen LogP contribution in [0.15, 0.2) is 215 Å². The Morgan fingerprint density at radius 3 is 1.22 bits per heavy atom. The van der Waals surface area contributed by atoms with Gasteiger partial charge in [0.05, 0.1) is 29.6 Å². The summed E-state index contributed by atoms with van der Waals surface area (Å²) >= 11 is 0. The molecule has 12 aromatic rings. The molecule has 2 aromatic heterocycles. The normalized spacial score (nSPS) is 11.4. The number of fused-ring (bicyclic) bond motifs is 10. The molecule has 0 fully saturated rings. The molecule has 12 rings (SSSR count). The van der Waals surface area contributed by atoms with E-state index in [4.69, 9.17) is 15.4 Å². The third-order valence-corrected chi connectivity index (χ3v) is 12.3. The quantitative estimate of drug-likeness (QED) is 0.150. The number of benzene rings is 10. The average Bonchev–Trinajstić information content (AvgIpc) is 3.96. The molecule has 0 unspecified atom stereocenters. The van der Waals surface area contributed by atoms with Crippen LogP contribution in [0.5, 0.6) is 0 Å². The fraction of sp³-hybridized carbons (Fsp3) is 0. The number of hydrogen-bond donors (Lipinski definition) is 0. The van der Waals surface area contributed by atoms with E-state index >= 15 is 0 Å². The summed E-state index contributed by atoms with van der Waals surface area (Å²) in [7, 11) is 0. The van der Waals surface area contributed by atoms with Gasteiger partial charge in [0.2, 0.25) is 0 Å². The van der Waals surface area contributed by atoms with Crippen LogP contribution in [0.3, 0.4) is 0 Å². The van der Waals surface area contributed by atoms with Crippen molar-refractivity contribution < 1.29 is 8.83 Å². The molecule has 0 spiro atoms. The molecule has 0 saturated heterocycles. The highest BCUT2D eigenvalue weighted by molar-refractivity contribution is 6.24. The molecule has 0 saturated carbocycles. The maximum Gasteiger partial charge on any atom is 0.187 e. The van der Waals surface area contributed by atoms with Crippen LogP contribution in [0.2, 0.25) is 0 Å². The van der Waals surface area contributed by atoms with Crippen molar-refractivity contribution in [1.82, 2.24) is 0 Å². The van der Waals surface area contributed by atoms with Gasteiger partial charge in [0.1, 0.15) is 11.2 Å². The van der Waals surface area contributed by atoms with Crippen LogP contribution >= 0.6 is 0 Å². The molecular formula is C58H34N4O2. The van der Waals surface area contributed by atoms with Crippen LogP contribution in [-0.2, 0) is 0 Å². The van der Waals surface area contributed by atoms with E-state index in [9.17, 15) is 5.26 Å². The molecule has 10 aromatic carbocycles. The molecule has 6 heteroatoms. The molecule has 298 valence electrons. The Bertz CT molecular complexity index is 3600. The summed E-state index contributed by atoms with van der Waals surface area (Å²) in [5, 5.41) is 18.4. The maximum atomic E-state index is 9.68. The molecule has 0 aliphatic rings. The average molecular weight is 819 g/mol. The Labute approximate surface area is 368 Å². The van der Waals surface area contributed by atoms with Gasteiger partial charge in [-0.15, -0.1) is 0 Å². The third-order valence-electron chi connectivity index (χ3n) is 12.3. The van der Waals surface area contributed by atoms with Crippen LogP contribution in [0, 0.1) is 17.9 Å². The molecule has 0 aliphatic carbocycles. The zero-order valence-electron chi connectivity index (χ0n) is 34.2. The monoisotopic (exact) mass is 818 g/mol. The first-order valence-corrected chi connectivity index (χ1v) is 21.1. The number of nitrogens with zero attached hydrogens (tertiary/aromatic N) is 4. The lowest BCUT2D eigenvalue weighted by Crippen LogP contribution is -2.10. The van der Waals surface area contributed by atoms with Gasteiger partial charge in [0.25, 0.3) is 0 Å². The first-order valence-electron chi connectivity index (χ1n) is 21.1.